The first kappa shape index (κ1) is 15.1. The SMILES string of the molecule is N#CC1(NC(=O)C[C@H]2CSCCS2)CCCCCC1. The summed E-state index contributed by atoms with van der Waals surface area (Å²) >= 11 is 3.83. The molecule has 1 N–H and O–H groups in total. The molecule has 19 heavy (non-hydrogen) atoms. The van der Waals surface area contributed by atoms with Crippen molar-refractivity contribution in [2.75, 3.05) is 17.3 Å². The van der Waals surface area contributed by atoms with E-state index in [0.717, 1.165) is 37.2 Å². The van der Waals surface area contributed by atoms with Crippen LogP contribution in [0.5, 0.6) is 0 Å². The van der Waals surface area contributed by atoms with Crippen molar-refractivity contribution in [3.8, 4) is 6.07 Å². The molecule has 0 aromatic rings. The van der Waals surface area contributed by atoms with Gasteiger partial charge in [0.25, 0.3) is 0 Å². The second kappa shape index (κ2) is 7.44. The van der Waals surface area contributed by atoms with Crippen LogP contribution in [0.15, 0.2) is 0 Å². The van der Waals surface area contributed by atoms with Crippen LogP contribution >= 0.6 is 23.5 Å². The molecule has 1 heterocycles. The van der Waals surface area contributed by atoms with Crippen LogP contribution in [0.2, 0.25) is 0 Å². The molecule has 1 aliphatic carbocycles. The largest absolute Gasteiger partial charge is 0.338 e. The summed E-state index contributed by atoms with van der Waals surface area (Å²) in [5.41, 5.74) is -0.583. The number of rotatable bonds is 3. The van der Waals surface area contributed by atoms with E-state index in [-0.39, 0.29) is 5.91 Å². The van der Waals surface area contributed by atoms with Gasteiger partial charge in [-0.1, -0.05) is 25.7 Å². The normalized spacial score (nSPS) is 27.0. The summed E-state index contributed by atoms with van der Waals surface area (Å²) in [5, 5.41) is 12.9. The van der Waals surface area contributed by atoms with Crippen LogP contribution in [-0.4, -0.2) is 34.0 Å². The Morgan fingerprint density at radius 2 is 2.00 bits per heavy atom. The lowest BCUT2D eigenvalue weighted by atomic mass is 9.91. The van der Waals surface area contributed by atoms with Crippen molar-refractivity contribution in [3.63, 3.8) is 0 Å². The van der Waals surface area contributed by atoms with Gasteiger partial charge in [0.05, 0.1) is 6.07 Å². The highest BCUT2D eigenvalue weighted by atomic mass is 32.2. The minimum Gasteiger partial charge on any atom is -0.338 e. The molecule has 0 radical (unpaired) electrons. The average Bonchev–Trinajstić information content (AvgIpc) is 2.66. The third-order valence-electron chi connectivity index (χ3n) is 3.85. The monoisotopic (exact) mass is 298 g/mol. The molecule has 0 unspecified atom stereocenters. The Balaban J connectivity index is 1.86. The number of carbonyl (C=O) groups excluding carboxylic acids is 1. The quantitative estimate of drug-likeness (QED) is 0.814. The third-order valence-corrected chi connectivity index (χ3v) is 6.69. The van der Waals surface area contributed by atoms with Crippen LogP contribution in [0.4, 0.5) is 0 Å². The maximum absolute atomic E-state index is 12.2. The molecule has 0 aromatic carbocycles. The topological polar surface area (TPSA) is 52.9 Å². The number of nitrogens with zero attached hydrogens (tertiary/aromatic N) is 1. The van der Waals surface area contributed by atoms with E-state index in [0.29, 0.717) is 11.7 Å². The Morgan fingerprint density at radius 1 is 1.26 bits per heavy atom. The molecule has 2 fully saturated rings. The molecule has 1 saturated heterocycles. The van der Waals surface area contributed by atoms with Crippen molar-refractivity contribution >= 4 is 29.4 Å². The molecule has 1 amide bonds. The average molecular weight is 298 g/mol. The fourth-order valence-corrected chi connectivity index (χ4v) is 5.46. The lowest BCUT2D eigenvalue weighted by Gasteiger charge is -2.28. The maximum atomic E-state index is 12.2. The first-order valence-corrected chi connectivity index (χ1v) is 9.36. The molecule has 106 valence electrons. The Bertz CT molecular complexity index is 340. The Labute approximate surface area is 124 Å². The van der Waals surface area contributed by atoms with Gasteiger partial charge in [-0.3, -0.25) is 4.79 Å². The molecule has 5 heteroatoms. The van der Waals surface area contributed by atoms with E-state index in [4.69, 9.17) is 0 Å². The predicted octanol–water partition coefficient (Wildman–Crippen LogP) is 2.96. The van der Waals surface area contributed by atoms with Gasteiger partial charge in [0.1, 0.15) is 5.54 Å². The van der Waals surface area contributed by atoms with E-state index < -0.39 is 5.54 Å². The van der Waals surface area contributed by atoms with Crippen molar-refractivity contribution < 1.29 is 4.79 Å². The number of thioether (sulfide) groups is 2. The summed E-state index contributed by atoms with van der Waals surface area (Å²) in [6.07, 6.45) is 6.71. The van der Waals surface area contributed by atoms with E-state index in [1.807, 2.05) is 23.5 Å². The van der Waals surface area contributed by atoms with Crippen LogP contribution in [0, 0.1) is 11.3 Å². The maximum Gasteiger partial charge on any atom is 0.222 e. The minimum atomic E-state index is -0.583. The number of nitriles is 1. The van der Waals surface area contributed by atoms with Gasteiger partial charge in [-0.05, 0) is 12.8 Å². The second-order valence-corrected chi connectivity index (χ2v) is 7.99. The Morgan fingerprint density at radius 3 is 2.58 bits per heavy atom. The zero-order chi connectivity index (χ0) is 13.6. The molecule has 2 rings (SSSR count). The van der Waals surface area contributed by atoms with Crippen LogP contribution in [0.1, 0.15) is 44.9 Å². The van der Waals surface area contributed by atoms with E-state index >= 15 is 0 Å². The van der Waals surface area contributed by atoms with Gasteiger partial charge in [-0.25, -0.2) is 0 Å². The first-order chi connectivity index (χ1) is 9.24. The minimum absolute atomic E-state index is 0.0726. The van der Waals surface area contributed by atoms with Gasteiger partial charge >= 0.3 is 0 Å². The van der Waals surface area contributed by atoms with Crippen LogP contribution < -0.4 is 5.32 Å². The smallest absolute Gasteiger partial charge is 0.222 e. The third kappa shape index (κ3) is 4.61. The van der Waals surface area contributed by atoms with Crippen molar-refractivity contribution in [2.45, 2.75) is 55.7 Å². The van der Waals surface area contributed by atoms with Crippen LogP contribution in [0.3, 0.4) is 0 Å². The standard InChI is InChI=1S/C14H22N2OS2/c15-11-14(5-3-1-2-4-6-14)16-13(17)9-12-10-18-7-8-19-12/h12H,1-10H2,(H,16,17)/t12-/m0/s1. The lowest BCUT2D eigenvalue weighted by molar-refractivity contribution is -0.122. The number of nitrogens with one attached hydrogen (secondary N) is 1. The Kier molecular flexibility index (Phi) is 5.90. The molecule has 0 aromatic heterocycles. The van der Waals surface area contributed by atoms with Gasteiger partial charge in [0, 0.05) is 28.9 Å². The zero-order valence-electron chi connectivity index (χ0n) is 11.3. The lowest BCUT2D eigenvalue weighted by Crippen LogP contribution is -2.47. The highest BCUT2D eigenvalue weighted by Crippen LogP contribution is 2.29. The van der Waals surface area contributed by atoms with Crippen molar-refractivity contribution in [3.05, 3.63) is 0 Å². The van der Waals surface area contributed by atoms with E-state index in [2.05, 4.69) is 11.4 Å². The van der Waals surface area contributed by atoms with Crippen LogP contribution in [0.25, 0.3) is 0 Å². The fourth-order valence-electron chi connectivity index (χ4n) is 2.78. The van der Waals surface area contributed by atoms with Gasteiger partial charge in [-0.2, -0.15) is 28.8 Å². The summed E-state index contributed by atoms with van der Waals surface area (Å²) in [6, 6.07) is 2.38. The molecule has 3 nitrogen and oxygen atoms in total. The summed E-state index contributed by atoms with van der Waals surface area (Å²) in [6.45, 7) is 0. The van der Waals surface area contributed by atoms with Crippen molar-refractivity contribution in [1.82, 2.24) is 5.32 Å². The second-order valence-electron chi connectivity index (χ2n) is 5.43. The predicted molar refractivity (Wildman–Crippen MR) is 82.4 cm³/mol. The number of carbonyl (C=O) groups is 1. The van der Waals surface area contributed by atoms with E-state index in [1.165, 1.54) is 18.6 Å². The Hall–Kier alpha value is -0.340. The van der Waals surface area contributed by atoms with Gasteiger partial charge in [0.2, 0.25) is 5.91 Å². The van der Waals surface area contributed by atoms with Gasteiger partial charge in [0.15, 0.2) is 0 Å². The van der Waals surface area contributed by atoms with Gasteiger partial charge in [-0.15, -0.1) is 0 Å². The summed E-state index contributed by atoms with van der Waals surface area (Å²) in [7, 11) is 0. The summed E-state index contributed by atoms with van der Waals surface area (Å²) in [5.74, 6) is 3.48. The van der Waals surface area contributed by atoms with Crippen molar-refractivity contribution in [1.29, 1.82) is 5.26 Å². The molecule has 0 spiro atoms. The highest BCUT2D eigenvalue weighted by Gasteiger charge is 2.33. The van der Waals surface area contributed by atoms with E-state index in [9.17, 15) is 10.1 Å². The number of hydrogen-bond donors (Lipinski definition) is 1. The first-order valence-electron chi connectivity index (χ1n) is 7.16. The molecular weight excluding hydrogens is 276 g/mol. The van der Waals surface area contributed by atoms with Crippen molar-refractivity contribution in [2.24, 2.45) is 0 Å². The van der Waals surface area contributed by atoms with E-state index in [1.54, 1.807) is 0 Å². The zero-order valence-corrected chi connectivity index (χ0v) is 13.0. The molecule has 2 aliphatic rings. The molecule has 0 bridgehead atoms. The molecule has 1 aliphatic heterocycles. The molecule has 1 saturated carbocycles. The highest BCUT2D eigenvalue weighted by molar-refractivity contribution is 8.06. The summed E-state index contributed by atoms with van der Waals surface area (Å²) in [4.78, 5) is 12.2. The fraction of sp³-hybridized carbons (Fsp3) is 0.857. The number of amides is 1. The van der Waals surface area contributed by atoms with Crippen LogP contribution in [-0.2, 0) is 4.79 Å². The number of hydrogen-bond acceptors (Lipinski definition) is 4. The molecule has 1 atom stereocenters. The molecular formula is C14H22N2OS2. The summed E-state index contributed by atoms with van der Waals surface area (Å²) < 4.78 is 0. The van der Waals surface area contributed by atoms with Gasteiger partial charge < -0.3 is 5.32 Å².